The minimum absolute atomic E-state index is 0.120. The Morgan fingerprint density at radius 1 is 1.03 bits per heavy atom. The Bertz CT molecular complexity index is 1190. The number of rotatable bonds is 8. The Hall–Kier alpha value is -3.13. The zero-order valence-corrected chi connectivity index (χ0v) is 20.0. The average molecular weight is 473 g/mol. The summed E-state index contributed by atoms with van der Waals surface area (Å²) in [6.45, 7) is 4.48. The van der Waals surface area contributed by atoms with Crippen molar-refractivity contribution in [2.75, 3.05) is 28.6 Å². The molecule has 3 aromatic rings. The molecule has 3 heterocycles. The number of nitrogens with one attached hydrogen (secondary N) is 2. The van der Waals surface area contributed by atoms with E-state index in [-0.39, 0.29) is 11.8 Å². The SMILES string of the molecule is CC1(C2CC2)CN(c2cc(Nc3ccccn3)nc(Sc3ccc(NC(=O)C4CC4)cc3)n2)C1. The largest absolute Gasteiger partial charge is 0.355 e. The molecule has 0 atom stereocenters. The van der Waals surface area contributed by atoms with Gasteiger partial charge in [0, 0.05) is 47.3 Å². The number of hydrogen-bond donors (Lipinski definition) is 2. The number of amides is 1. The molecule has 7 nitrogen and oxygen atoms in total. The second-order valence-electron chi connectivity index (χ2n) is 9.91. The minimum atomic E-state index is 0.120. The quantitative estimate of drug-likeness (QED) is 0.428. The van der Waals surface area contributed by atoms with E-state index in [1.54, 1.807) is 6.20 Å². The smallest absolute Gasteiger partial charge is 0.227 e. The summed E-state index contributed by atoms with van der Waals surface area (Å²) >= 11 is 1.52. The number of anilines is 4. The molecule has 2 aliphatic carbocycles. The van der Waals surface area contributed by atoms with Crippen molar-refractivity contribution < 1.29 is 4.79 Å². The Labute approximate surface area is 203 Å². The summed E-state index contributed by atoms with van der Waals surface area (Å²) in [4.78, 5) is 29.4. The number of benzene rings is 1. The molecular formula is C26H28N6OS. The van der Waals surface area contributed by atoms with Gasteiger partial charge in [0.25, 0.3) is 0 Å². The molecule has 2 N–H and O–H groups in total. The Morgan fingerprint density at radius 3 is 2.50 bits per heavy atom. The van der Waals surface area contributed by atoms with Crippen molar-refractivity contribution in [3.63, 3.8) is 0 Å². The highest BCUT2D eigenvalue weighted by atomic mass is 32.2. The van der Waals surface area contributed by atoms with Crippen molar-refractivity contribution >= 4 is 40.8 Å². The second-order valence-corrected chi connectivity index (χ2v) is 10.9. The lowest BCUT2D eigenvalue weighted by atomic mass is 9.77. The summed E-state index contributed by atoms with van der Waals surface area (Å²) in [5, 5.41) is 7.00. The van der Waals surface area contributed by atoms with Crippen LogP contribution in [0, 0.1) is 17.3 Å². The van der Waals surface area contributed by atoms with Gasteiger partial charge in [-0.1, -0.05) is 13.0 Å². The summed E-state index contributed by atoms with van der Waals surface area (Å²) < 4.78 is 0. The third-order valence-electron chi connectivity index (χ3n) is 6.88. The van der Waals surface area contributed by atoms with Crippen molar-refractivity contribution in [2.45, 2.75) is 42.7 Å². The first kappa shape index (κ1) is 21.4. The van der Waals surface area contributed by atoms with E-state index in [1.165, 1.54) is 24.6 Å². The van der Waals surface area contributed by atoms with Crippen LogP contribution in [0.15, 0.2) is 64.8 Å². The number of carbonyl (C=O) groups is 1. The second kappa shape index (κ2) is 8.58. The van der Waals surface area contributed by atoms with Gasteiger partial charge in [-0.25, -0.2) is 15.0 Å². The summed E-state index contributed by atoms with van der Waals surface area (Å²) in [5.74, 6) is 3.62. The number of carbonyl (C=O) groups excluding carboxylic acids is 1. The average Bonchev–Trinajstić information content (AvgIpc) is 3.71. The first-order valence-corrected chi connectivity index (χ1v) is 12.8. The third-order valence-corrected chi connectivity index (χ3v) is 7.76. The molecule has 0 spiro atoms. The third kappa shape index (κ3) is 4.73. The zero-order valence-electron chi connectivity index (χ0n) is 19.2. The standard InChI is InChI=1S/C26H28N6OS/c1-26(18-7-8-18)15-32(16-26)23-14-22(29-21-4-2-3-13-27-21)30-25(31-23)34-20-11-9-19(10-12-20)28-24(33)17-5-6-17/h2-4,9-14,17-18H,5-8,15-16H2,1H3,(H,28,33)(H,27,29,30,31). The van der Waals surface area contributed by atoms with Gasteiger partial charge in [0.05, 0.1) is 0 Å². The Balaban J connectivity index is 1.21. The monoisotopic (exact) mass is 472 g/mol. The molecule has 1 amide bonds. The topological polar surface area (TPSA) is 83.0 Å². The van der Waals surface area contributed by atoms with Gasteiger partial charge >= 0.3 is 0 Å². The normalized spacial score (nSPS) is 18.8. The molecule has 34 heavy (non-hydrogen) atoms. The lowest BCUT2D eigenvalue weighted by Crippen LogP contribution is -2.56. The van der Waals surface area contributed by atoms with E-state index in [1.807, 2.05) is 48.5 Å². The van der Waals surface area contributed by atoms with Crippen LogP contribution in [0.3, 0.4) is 0 Å². The van der Waals surface area contributed by atoms with E-state index in [0.29, 0.717) is 10.6 Å². The van der Waals surface area contributed by atoms with E-state index in [2.05, 4.69) is 27.4 Å². The van der Waals surface area contributed by atoms with Crippen LogP contribution in [0.25, 0.3) is 0 Å². The molecule has 174 valence electrons. The van der Waals surface area contributed by atoms with Crippen molar-refractivity contribution in [2.24, 2.45) is 17.3 Å². The van der Waals surface area contributed by atoms with E-state index < -0.39 is 0 Å². The fourth-order valence-corrected chi connectivity index (χ4v) is 5.35. The number of aromatic nitrogens is 3. The van der Waals surface area contributed by atoms with Gasteiger partial charge in [-0.2, -0.15) is 0 Å². The summed E-state index contributed by atoms with van der Waals surface area (Å²) in [5.41, 5.74) is 1.24. The van der Waals surface area contributed by atoms with Crippen molar-refractivity contribution in [1.29, 1.82) is 0 Å². The highest BCUT2D eigenvalue weighted by molar-refractivity contribution is 7.99. The molecule has 3 fully saturated rings. The van der Waals surface area contributed by atoms with Gasteiger partial charge in [-0.05, 0) is 79.8 Å². The van der Waals surface area contributed by atoms with Crippen LogP contribution < -0.4 is 15.5 Å². The van der Waals surface area contributed by atoms with Crippen LogP contribution in [-0.4, -0.2) is 33.9 Å². The van der Waals surface area contributed by atoms with Crippen LogP contribution in [-0.2, 0) is 4.79 Å². The van der Waals surface area contributed by atoms with E-state index >= 15 is 0 Å². The summed E-state index contributed by atoms with van der Waals surface area (Å²) in [6, 6.07) is 15.7. The predicted octanol–water partition coefficient (Wildman–Crippen LogP) is 5.35. The molecule has 8 heteroatoms. The van der Waals surface area contributed by atoms with Crippen LogP contribution >= 0.6 is 11.8 Å². The highest BCUT2D eigenvalue weighted by Gasteiger charge is 2.49. The first-order chi connectivity index (χ1) is 16.5. The maximum atomic E-state index is 12.0. The zero-order chi connectivity index (χ0) is 23.1. The summed E-state index contributed by atoms with van der Waals surface area (Å²) in [6.07, 6.45) is 6.48. The number of nitrogens with zero attached hydrogens (tertiary/aromatic N) is 4. The van der Waals surface area contributed by atoms with Crippen LogP contribution in [0.1, 0.15) is 32.6 Å². The molecule has 1 saturated heterocycles. The molecule has 2 saturated carbocycles. The molecule has 2 aromatic heterocycles. The van der Waals surface area contributed by atoms with Gasteiger partial charge in [0.1, 0.15) is 17.5 Å². The van der Waals surface area contributed by atoms with Crippen LogP contribution in [0.4, 0.5) is 23.1 Å². The fourth-order valence-electron chi connectivity index (χ4n) is 4.58. The van der Waals surface area contributed by atoms with Crippen molar-refractivity contribution in [1.82, 2.24) is 15.0 Å². The molecule has 3 aliphatic rings. The maximum absolute atomic E-state index is 12.0. The van der Waals surface area contributed by atoms with E-state index in [4.69, 9.17) is 9.97 Å². The van der Waals surface area contributed by atoms with Gasteiger partial charge in [-0.15, -0.1) is 0 Å². The number of pyridine rings is 1. The first-order valence-electron chi connectivity index (χ1n) is 11.9. The van der Waals surface area contributed by atoms with Gasteiger partial charge in [0.2, 0.25) is 5.91 Å². The van der Waals surface area contributed by atoms with Crippen LogP contribution in [0.2, 0.25) is 0 Å². The highest BCUT2D eigenvalue weighted by Crippen LogP contribution is 2.51. The predicted molar refractivity (Wildman–Crippen MR) is 135 cm³/mol. The van der Waals surface area contributed by atoms with E-state index in [9.17, 15) is 4.79 Å². The fraction of sp³-hybridized carbons (Fsp3) is 0.385. The summed E-state index contributed by atoms with van der Waals surface area (Å²) in [7, 11) is 0. The van der Waals surface area contributed by atoms with Gasteiger partial charge in [0.15, 0.2) is 5.16 Å². The Morgan fingerprint density at radius 2 is 1.82 bits per heavy atom. The van der Waals surface area contributed by atoms with Crippen molar-refractivity contribution in [3.8, 4) is 0 Å². The van der Waals surface area contributed by atoms with Crippen LogP contribution in [0.5, 0.6) is 0 Å². The lowest BCUT2D eigenvalue weighted by Gasteiger charge is -2.49. The molecule has 0 unspecified atom stereocenters. The molecule has 0 radical (unpaired) electrons. The minimum Gasteiger partial charge on any atom is -0.355 e. The van der Waals surface area contributed by atoms with E-state index in [0.717, 1.165) is 59.9 Å². The lowest BCUT2D eigenvalue weighted by molar-refractivity contribution is -0.117. The van der Waals surface area contributed by atoms with Crippen molar-refractivity contribution in [3.05, 3.63) is 54.7 Å². The molecule has 0 bridgehead atoms. The molecule has 1 aliphatic heterocycles. The Kier molecular flexibility index (Phi) is 5.40. The number of hydrogen-bond acceptors (Lipinski definition) is 7. The molecule has 6 rings (SSSR count). The maximum Gasteiger partial charge on any atom is 0.227 e. The molecule has 1 aromatic carbocycles. The van der Waals surface area contributed by atoms with Gasteiger partial charge < -0.3 is 15.5 Å². The molecular weight excluding hydrogens is 444 g/mol. The van der Waals surface area contributed by atoms with Gasteiger partial charge in [-0.3, -0.25) is 4.79 Å².